The molecule has 24 heavy (non-hydrogen) atoms. The van der Waals surface area contributed by atoms with E-state index in [4.69, 9.17) is 5.11 Å². The van der Waals surface area contributed by atoms with Crippen molar-refractivity contribution >= 4 is 22.1 Å². The maximum atomic E-state index is 11.8. The van der Waals surface area contributed by atoms with Gasteiger partial charge in [-0.15, -0.1) is 0 Å². The number of aromatic hydroxyl groups is 1. The molecule has 0 radical (unpaired) electrons. The number of hydrogen-bond acceptors (Lipinski definition) is 4. The van der Waals surface area contributed by atoms with Crippen LogP contribution in [0.1, 0.15) is 37.7 Å². The van der Waals surface area contributed by atoms with Gasteiger partial charge in [0.2, 0.25) is 10.0 Å². The van der Waals surface area contributed by atoms with Crippen molar-refractivity contribution in [3.63, 3.8) is 0 Å². The van der Waals surface area contributed by atoms with Crippen LogP contribution in [0.5, 0.6) is 5.75 Å². The van der Waals surface area contributed by atoms with Gasteiger partial charge < -0.3 is 10.2 Å². The van der Waals surface area contributed by atoms with E-state index in [9.17, 15) is 18.3 Å². The summed E-state index contributed by atoms with van der Waals surface area (Å²) < 4.78 is 25.0. The highest BCUT2D eigenvalue weighted by atomic mass is 32.2. The van der Waals surface area contributed by atoms with E-state index < -0.39 is 16.0 Å². The van der Waals surface area contributed by atoms with Crippen LogP contribution in [0.15, 0.2) is 30.3 Å². The fourth-order valence-corrected chi connectivity index (χ4v) is 3.06. The van der Waals surface area contributed by atoms with Gasteiger partial charge in [0.05, 0.1) is 6.26 Å². The van der Waals surface area contributed by atoms with Crippen molar-refractivity contribution in [3.8, 4) is 5.75 Å². The summed E-state index contributed by atoms with van der Waals surface area (Å²) in [6.45, 7) is 0.680. The van der Waals surface area contributed by atoms with Crippen LogP contribution < -0.4 is 0 Å². The first kappa shape index (κ1) is 20.2. The molecular weight excluding hydrogens is 330 g/mol. The molecule has 7 heteroatoms. The van der Waals surface area contributed by atoms with Gasteiger partial charge in [-0.05, 0) is 30.5 Å². The van der Waals surface area contributed by atoms with Gasteiger partial charge in [0, 0.05) is 19.5 Å². The number of carbonyl (C=O) groups is 1. The molecule has 134 valence electrons. The molecule has 0 fully saturated rings. The van der Waals surface area contributed by atoms with Crippen LogP contribution in [0.25, 0.3) is 6.08 Å². The molecule has 0 spiro atoms. The van der Waals surface area contributed by atoms with Gasteiger partial charge in [-0.2, -0.15) is 4.31 Å². The van der Waals surface area contributed by atoms with E-state index in [0.717, 1.165) is 18.4 Å². The molecule has 1 aromatic carbocycles. The van der Waals surface area contributed by atoms with Gasteiger partial charge in [0.1, 0.15) is 5.75 Å². The average Bonchev–Trinajstić information content (AvgIpc) is 2.47. The maximum absolute atomic E-state index is 11.8. The third kappa shape index (κ3) is 8.69. The molecule has 2 N–H and O–H groups in total. The molecule has 0 aliphatic carbocycles. The van der Waals surface area contributed by atoms with E-state index in [2.05, 4.69) is 0 Å². The van der Waals surface area contributed by atoms with Crippen molar-refractivity contribution in [1.29, 1.82) is 0 Å². The Morgan fingerprint density at radius 1 is 1.21 bits per heavy atom. The highest BCUT2D eigenvalue weighted by Gasteiger charge is 2.14. The second-order valence-corrected chi connectivity index (χ2v) is 7.66. The summed E-state index contributed by atoms with van der Waals surface area (Å²) in [6, 6.07) is 6.72. The molecule has 0 aromatic heterocycles. The first-order valence-corrected chi connectivity index (χ1v) is 9.76. The molecule has 0 heterocycles. The lowest BCUT2D eigenvalue weighted by atomic mass is 10.1. The Balaban J connectivity index is 2.44. The number of carboxylic acid groups (broad SMARTS) is 1. The number of carboxylic acids is 1. The second kappa shape index (κ2) is 10.1. The molecule has 0 atom stereocenters. The van der Waals surface area contributed by atoms with Gasteiger partial charge in [-0.1, -0.05) is 37.1 Å². The number of rotatable bonds is 11. The minimum Gasteiger partial charge on any atom is -0.508 e. The van der Waals surface area contributed by atoms with E-state index in [1.807, 2.05) is 6.07 Å². The number of hydrogen-bond donors (Lipinski definition) is 2. The Morgan fingerprint density at radius 2 is 1.92 bits per heavy atom. The normalized spacial score (nSPS) is 12.1. The number of nitrogens with zero attached hydrogens (tertiary/aromatic N) is 1. The zero-order valence-electron chi connectivity index (χ0n) is 13.9. The Hall–Kier alpha value is -1.86. The predicted octanol–water partition coefficient (Wildman–Crippen LogP) is 2.70. The number of phenols is 1. The van der Waals surface area contributed by atoms with Crippen LogP contribution in [0.4, 0.5) is 0 Å². The van der Waals surface area contributed by atoms with Crippen molar-refractivity contribution in [2.45, 2.75) is 32.1 Å². The molecule has 0 saturated heterocycles. The largest absolute Gasteiger partial charge is 0.508 e. The van der Waals surface area contributed by atoms with E-state index in [1.165, 1.54) is 10.6 Å². The first-order valence-electron chi connectivity index (χ1n) is 7.91. The van der Waals surface area contributed by atoms with Crippen molar-refractivity contribution in [1.82, 2.24) is 4.31 Å². The molecule has 0 unspecified atom stereocenters. The van der Waals surface area contributed by atoms with Crippen molar-refractivity contribution in [2.75, 3.05) is 19.3 Å². The Bertz CT molecular complexity index is 655. The molecule has 0 aliphatic heterocycles. The summed E-state index contributed by atoms with van der Waals surface area (Å²) in [5.41, 5.74) is 0.803. The highest BCUT2D eigenvalue weighted by Crippen LogP contribution is 2.12. The van der Waals surface area contributed by atoms with Gasteiger partial charge in [0.25, 0.3) is 0 Å². The van der Waals surface area contributed by atoms with Crippen LogP contribution in [0.3, 0.4) is 0 Å². The lowest BCUT2D eigenvalue weighted by Gasteiger charge is -2.18. The summed E-state index contributed by atoms with van der Waals surface area (Å²) in [5, 5.41) is 18.0. The summed E-state index contributed by atoms with van der Waals surface area (Å²) in [7, 11) is -3.30. The number of unbranched alkanes of at least 4 members (excludes halogenated alkanes) is 3. The predicted molar refractivity (Wildman–Crippen MR) is 94.3 cm³/mol. The summed E-state index contributed by atoms with van der Waals surface area (Å²) in [6.07, 6.45) is 7.75. The molecule has 1 rings (SSSR count). The number of aliphatic carboxylic acids is 1. The Morgan fingerprint density at radius 3 is 2.54 bits per heavy atom. The van der Waals surface area contributed by atoms with Crippen LogP contribution in [-0.4, -0.2) is 48.3 Å². The summed E-state index contributed by atoms with van der Waals surface area (Å²) in [5.74, 6) is -0.636. The number of phenolic OH excluding ortho intramolecular Hbond substituents is 1. The third-order valence-electron chi connectivity index (χ3n) is 3.51. The minimum absolute atomic E-state index is 0.155. The number of sulfonamides is 1. The van der Waals surface area contributed by atoms with Crippen molar-refractivity contribution in [2.24, 2.45) is 0 Å². The van der Waals surface area contributed by atoms with Crippen LogP contribution in [0.2, 0.25) is 0 Å². The van der Waals surface area contributed by atoms with Crippen molar-refractivity contribution < 1.29 is 23.4 Å². The highest BCUT2D eigenvalue weighted by molar-refractivity contribution is 7.88. The Labute approximate surface area is 143 Å². The van der Waals surface area contributed by atoms with Crippen LogP contribution in [0, 0.1) is 0 Å². The summed E-state index contributed by atoms with van der Waals surface area (Å²) in [4.78, 5) is 10.4. The molecule has 1 aromatic rings. The monoisotopic (exact) mass is 355 g/mol. The lowest BCUT2D eigenvalue weighted by molar-refractivity contribution is -0.137. The van der Waals surface area contributed by atoms with E-state index in [1.54, 1.807) is 30.4 Å². The smallest absolute Gasteiger partial charge is 0.303 e. The summed E-state index contributed by atoms with van der Waals surface area (Å²) >= 11 is 0. The second-order valence-electron chi connectivity index (χ2n) is 5.68. The fraction of sp³-hybridized carbons (Fsp3) is 0.471. The van der Waals surface area contributed by atoms with E-state index in [-0.39, 0.29) is 18.7 Å². The SMILES string of the molecule is CS(=O)(=O)N(CC=Cc1cccc(O)c1)CCCCCCC(=O)O. The standard InChI is InChI=1S/C17H25NO5S/c1-24(22,23)18(12-5-3-2-4-11-17(20)21)13-7-9-15-8-6-10-16(19)14-15/h6-10,14,19H,2-5,11-13H2,1H3,(H,20,21). The minimum atomic E-state index is -3.30. The van der Waals surface area contributed by atoms with Gasteiger partial charge >= 0.3 is 5.97 Å². The maximum Gasteiger partial charge on any atom is 0.303 e. The molecule has 6 nitrogen and oxygen atoms in total. The van der Waals surface area contributed by atoms with E-state index in [0.29, 0.717) is 19.4 Å². The number of benzene rings is 1. The molecule has 0 amide bonds. The van der Waals surface area contributed by atoms with Crippen LogP contribution in [-0.2, 0) is 14.8 Å². The molecular formula is C17H25NO5S. The molecule has 0 bridgehead atoms. The van der Waals surface area contributed by atoms with E-state index >= 15 is 0 Å². The van der Waals surface area contributed by atoms with Crippen LogP contribution >= 0.6 is 0 Å². The van der Waals surface area contributed by atoms with Gasteiger partial charge in [-0.3, -0.25) is 4.79 Å². The topological polar surface area (TPSA) is 94.9 Å². The quantitative estimate of drug-likeness (QED) is 0.595. The Kier molecular flexibility index (Phi) is 8.49. The van der Waals surface area contributed by atoms with Gasteiger partial charge in [0.15, 0.2) is 0 Å². The third-order valence-corrected chi connectivity index (χ3v) is 4.78. The average molecular weight is 355 g/mol. The van der Waals surface area contributed by atoms with Gasteiger partial charge in [-0.25, -0.2) is 8.42 Å². The molecule has 0 aliphatic rings. The fourth-order valence-electron chi connectivity index (χ4n) is 2.25. The molecule has 0 saturated carbocycles. The lowest BCUT2D eigenvalue weighted by Crippen LogP contribution is -2.31. The zero-order chi connectivity index (χ0) is 18.0. The zero-order valence-corrected chi connectivity index (χ0v) is 14.7. The van der Waals surface area contributed by atoms with Crippen molar-refractivity contribution in [3.05, 3.63) is 35.9 Å². The first-order chi connectivity index (χ1) is 11.3.